The van der Waals surface area contributed by atoms with Gasteiger partial charge in [-0.2, -0.15) is 0 Å². The second-order valence-corrected chi connectivity index (χ2v) is 6.71. The molecule has 2 N–H and O–H groups in total. The van der Waals surface area contributed by atoms with Gasteiger partial charge < -0.3 is 10.4 Å². The van der Waals surface area contributed by atoms with E-state index in [4.69, 9.17) is 0 Å². The van der Waals surface area contributed by atoms with Crippen LogP contribution in [0.25, 0.3) is 0 Å². The van der Waals surface area contributed by atoms with Gasteiger partial charge in [-0.3, -0.25) is 0 Å². The molecule has 2 nitrogen and oxygen atoms in total. The number of benzene rings is 3. The number of nitrogens with one attached hydrogen (secondary N) is 1. The highest BCUT2D eigenvalue weighted by atomic mass is 16.3. The van der Waals surface area contributed by atoms with Gasteiger partial charge in [0.15, 0.2) is 0 Å². The van der Waals surface area contributed by atoms with E-state index < -0.39 is 0 Å². The van der Waals surface area contributed by atoms with E-state index in [2.05, 4.69) is 66.8 Å². The standard InChI is InChI=1S/C22H21NO/c1-22(17-11-6-3-7-12-17)15-19(16-9-4-2-5-10-16)23-21-18(22)13-8-14-20(21)24/h2-14,19,23-24H,15H2,1H3/t19-,22-/m0/s1. The van der Waals surface area contributed by atoms with E-state index >= 15 is 0 Å². The number of fused-ring (bicyclic) bond motifs is 1. The summed E-state index contributed by atoms with van der Waals surface area (Å²) in [5, 5.41) is 14.0. The summed E-state index contributed by atoms with van der Waals surface area (Å²) in [5.74, 6) is 0.315. The molecule has 120 valence electrons. The van der Waals surface area contributed by atoms with Crippen LogP contribution in [0.4, 0.5) is 5.69 Å². The Labute approximate surface area is 142 Å². The van der Waals surface area contributed by atoms with Crippen LogP contribution in [0.3, 0.4) is 0 Å². The van der Waals surface area contributed by atoms with Crippen LogP contribution in [-0.4, -0.2) is 5.11 Å². The van der Waals surface area contributed by atoms with Gasteiger partial charge in [-0.1, -0.05) is 79.7 Å². The minimum absolute atomic E-state index is 0.152. The summed E-state index contributed by atoms with van der Waals surface area (Å²) in [6, 6.07) is 27.0. The maximum atomic E-state index is 10.4. The Balaban J connectivity index is 1.89. The summed E-state index contributed by atoms with van der Waals surface area (Å²) in [7, 11) is 0. The minimum atomic E-state index is -0.152. The lowest BCUT2D eigenvalue weighted by atomic mass is 9.68. The van der Waals surface area contributed by atoms with Crippen LogP contribution in [0.5, 0.6) is 5.75 Å². The van der Waals surface area contributed by atoms with Crippen molar-refractivity contribution in [3.05, 3.63) is 95.6 Å². The number of para-hydroxylation sites is 1. The normalized spacial score (nSPS) is 22.5. The fraction of sp³-hybridized carbons (Fsp3) is 0.182. The predicted octanol–water partition coefficient (Wildman–Crippen LogP) is 5.26. The van der Waals surface area contributed by atoms with Crippen molar-refractivity contribution in [3.63, 3.8) is 0 Å². The van der Waals surface area contributed by atoms with Gasteiger partial charge in [-0.25, -0.2) is 0 Å². The second kappa shape index (κ2) is 5.72. The number of phenolic OH excluding ortho intramolecular Hbond substituents is 1. The fourth-order valence-electron chi connectivity index (χ4n) is 3.86. The molecule has 1 aliphatic rings. The molecule has 0 aliphatic carbocycles. The van der Waals surface area contributed by atoms with Crippen molar-refractivity contribution in [1.29, 1.82) is 0 Å². The zero-order valence-corrected chi connectivity index (χ0v) is 13.7. The van der Waals surface area contributed by atoms with E-state index in [0.717, 1.165) is 17.7 Å². The van der Waals surface area contributed by atoms with Crippen LogP contribution in [0.15, 0.2) is 78.9 Å². The van der Waals surface area contributed by atoms with Gasteiger partial charge in [0.2, 0.25) is 0 Å². The number of hydrogen-bond donors (Lipinski definition) is 2. The molecule has 0 saturated heterocycles. The Morgan fingerprint density at radius 2 is 1.54 bits per heavy atom. The second-order valence-electron chi connectivity index (χ2n) is 6.71. The van der Waals surface area contributed by atoms with Crippen LogP contribution in [0.2, 0.25) is 0 Å². The van der Waals surface area contributed by atoms with Crippen molar-refractivity contribution in [1.82, 2.24) is 0 Å². The van der Waals surface area contributed by atoms with Gasteiger partial charge in [0.25, 0.3) is 0 Å². The molecule has 4 rings (SSSR count). The zero-order chi connectivity index (χ0) is 16.6. The highest BCUT2D eigenvalue weighted by Gasteiger charge is 2.39. The highest BCUT2D eigenvalue weighted by molar-refractivity contribution is 5.68. The van der Waals surface area contributed by atoms with E-state index in [9.17, 15) is 5.11 Å². The van der Waals surface area contributed by atoms with Gasteiger partial charge in [-0.05, 0) is 29.2 Å². The van der Waals surface area contributed by atoms with Crippen molar-refractivity contribution in [3.8, 4) is 5.75 Å². The molecule has 0 amide bonds. The highest BCUT2D eigenvalue weighted by Crippen LogP contribution is 2.50. The van der Waals surface area contributed by atoms with Gasteiger partial charge in [0.1, 0.15) is 5.75 Å². The predicted molar refractivity (Wildman–Crippen MR) is 98.4 cm³/mol. The molecule has 3 aromatic rings. The summed E-state index contributed by atoms with van der Waals surface area (Å²) in [5.41, 5.74) is 4.37. The summed E-state index contributed by atoms with van der Waals surface area (Å²) >= 11 is 0. The van der Waals surface area contributed by atoms with Crippen LogP contribution in [-0.2, 0) is 5.41 Å². The fourth-order valence-corrected chi connectivity index (χ4v) is 3.86. The quantitative estimate of drug-likeness (QED) is 0.633. The van der Waals surface area contributed by atoms with Crippen molar-refractivity contribution in [2.75, 3.05) is 5.32 Å². The molecule has 24 heavy (non-hydrogen) atoms. The van der Waals surface area contributed by atoms with E-state index in [1.807, 2.05) is 18.2 Å². The number of aromatic hydroxyl groups is 1. The Hall–Kier alpha value is -2.74. The molecule has 1 heterocycles. The first-order chi connectivity index (χ1) is 11.7. The van der Waals surface area contributed by atoms with E-state index in [-0.39, 0.29) is 11.5 Å². The smallest absolute Gasteiger partial charge is 0.139 e. The lowest BCUT2D eigenvalue weighted by Gasteiger charge is -2.42. The van der Waals surface area contributed by atoms with E-state index in [1.165, 1.54) is 11.1 Å². The zero-order valence-electron chi connectivity index (χ0n) is 13.7. The van der Waals surface area contributed by atoms with Gasteiger partial charge in [0, 0.05) is 5.41 Å². The molecule has 2 atom stereocenters. The van der Waals surface area contributed by atoms with E-state index in [0.29, 0.717) is 5.75 Å². The average Bonchev–Trinajstić information content (AvgIpc) is 2.64. The molecule has 0 bridgehead atoms. The Morgan fingerprint density at radius 1 is 0.875 bits per heavy atom. The number of rotatable bonds is 2. The molecule has 0 aromatic heterocycles. The number of anilines is 1. The monoisotopic (exact) mass is 315 g/mol. The van der Waals surface area contributed by atoms with Crippen LogP contribution < -0.4 is 5.32 Å². The van der Waals surface area contributed by atoms with Crippen molar-refractivity contribution >= 4 is 5.69 Å². The molecular formula is C22H21NO. The molecule has 3 aromatic carbocycles. The third-order valence-corrected chi connectivity index (χ3v) is 5.18. The first-order valence-electron chi connectivity index (χ1n) is 8.38. The number of hydrogen-bond acceptors (Lipinski definition) is 2. The topological polar surface area (TPSA) is 32.3 Å². The summed E-state index contributed by atoms with van der Waals surface area (Å²) in [6.07, 6.45) is 0.942. The van der Waals surface area contributed by atoms with Crippen molar-refractivity contribution < 1.29 is 5.11 Å². The molecule has 0 spiro atoms. The summed E-state index contributed by atoms with van der Waals surface area (Å²) in [6.45, 7) is 2.28. The molecular weight excluding hydrogens is 294 g/mol. The maximum absolute atomic E-state index is 10.4. The molecule has 0 saturated carbocycles. The van der Waals surface area contributed by atoms with Crippen LogP contribution in [0.1, 0.15) is 36.1 Å². The molecule has 0 fully saturated rings. The van der Waals surface area contributed by atoms with Crippen molar-refractivity contribution in [2.24, 2.45) is 0 Å². The Bertz CT molecular complexity index is 844. The summed E-state index contributed by atoms with van der Waals surface area (Å²) in [4.78, 5) is 0. The van der Waals surface area contributed by atoms with Crippen molar-refractivity contribution in [2.45, 2.75) is 24.8 Å². The molecule has 0 radical (unpaired) electrons. The van der Waals surface area contributed by atoms with Gasteiger partial charge in [-0.15, -0.1) is 0 Å². The lowest BCUT2D eigenvalue weighted by molar-refractivity contribution is 0.438. The third-order valence-electron chi connectivity index (χ3n) is 5.18. The van der Waals surface area contributed by atoms with Crippen LogP contribution >= 0.6 is 0 Å². The largest absolute Gasteiger partial charge is 0.506 e. The average molecular weight is 315 g/mol. The first-order valence-corrected chi connectivity index (χ1v) is 8.38. The van der Waals surface area contributed by atoms with Crippen LogP contribution in [0, 0.1) is 0 Å². The SMILES string of the molecule is C[C@@]1(c2ccccc2)C[C@@H](c2ccccc2)Nc2c(O)cccc21. The van der Waals surface area contributed by atoms with Gasteiger partial charge >= 0.3 is 0 Å². The lowest BCUT2D eigenvalue weighted by Crippen LogP contribution is -2.34. The number of phenols is 1. The molecule has 1 aliphatic heterocycles. The Morgan fingerprint density at radius 3 is 2.25 bits per heavy atom. The summed E-state index contributed by atoms with van der Waals surface area (Å²) < 4.78 is 0. The molecule has 2 heteroatoms. The molecule has 0 unspecified atom stereocenters. The first kappa shape index (κ1) is 14.8. The Kier molecular flexibility index (Phi) is 3.53. The minimum Gasteiger partial charge on any atom is -0.506 e. The third kappa shape index (κ3) is 2.35. The van der Waals surface area contributed by atoms with Gasteiger partial charge in [0.05, 0.1) is 11.7 Å². The maximum Gasteiger partial charge on any atom is 0.139 e. The van der Waals surface area contributed by atoms with E-state index in [1.54, 1.807) is 6.07 Å².